The maximum atomic E-state index is 4.83. The van der Waals surface area contributed by atoms with Crippen LogP contribution < -0.4 is 5.32 Å². The molecule has 0 amide bonds. The lowest BCUT2D eigenvalue weighted by atomic mass is 10.1. The maximum absolute atomic E-state index is 4.83. The Morgan fingerprint density at radius 2 is 2.15 bits per heavy atom. The monoisotopic (exact) mass is 388 g/mol. The molecule has 0 aliphatic rings. The third kappa shape index (κ3) is 6.90. The number of aryl methyl sites for hydroxylation is 2. The van der Waals surface area contributed by atoms with E-state index in [2.05, 4.69) is 76.4 Å². The molecule has 27 heavy (non-hydrogen) atoms. The molecule has 0 atom stereocenters. The molecule has 148 valence electrons. The molecule has 0 saturated heterocycles. The van der Waals surface area contributed by atoms with Gasteiger partial charge in [-0.2, -0.15) is 11.8 Å². The van der Waals surface area contributed by atoms with Gasteiger partial charge in [0, 0.05) is 39.6 Å². The molecule has 2 aromatic rings. The fourth-order valence-electron chi connectivity index (χ4n) is 2.85. The molecule has 1 aromatic heterocycles. The van der Waals surface area contributed by atoms with Crippen LogP contribution in [0.25, 0.3) is 0 Å². The molecular formula is C20H32N6S. The van der Waals surface area contributed by atoms with Crippen molar-refractivity contribution >= 4 is 17.7 Å². The molecule has 0 radical (unpaired) electrons. The van der Waals surface area contributed by atoms with Crippen molar-refractivity contribution in [2.75, 3.05) is 32.1 Å². The number of nitrogens with one attached hydrogen (secondary N) is 1. The summed E-state index contributed by atoms with van der Waals surface area (Å²) >= 11 is 1.87. The van der Waals surface area contributed by atoms with Gasteiger partial charge in [-0.05, 0) is 36.5 Å². The van der Waals surface area contributed by atoms with Gasteiger partial charge in [-0.15, -0.1) is 10.2 Å². The number of hydrogen-bond donors (Lipinski definition) is 1. The van der Waals surface area contributed by atoms with Crippen LogP contribution in [0.3, 0.4) is 0 Å². The van der Waals surface area contributed by atoms with Crippen molar-refractivity contribution in [1.82, 2.24) is 25.0 Å². The van der Waals surface area contributed by atoms with Crippen molar-refractivity contribution in [3.8, 4) is 0 Å². The van der Waals surface area contributed by atoms with Gasteiger partial charge in [-0.3, -0.25) is 4.99 Å². The Morgan fingerprint density at radius 1 is 1.33 bits per heavy atom. The predicted octanol–water partition coefficient (Wildman–Crippen LogP) is 2.98. The lowest BCUT2D eigenvalue weighted by Crippen LogP contribution is -2.40. The lowest BCUT2D eigenvalue weighted by molar-refractivity contribution is 0.469. The number of rotatable bonds is 10. The molecule has 1 N–H and O–H groups in total. The van der Waals surface area contributed by atoms with E-state index in [1.54, 1.807) is 6.33 Å². The molecule has 2 rings (SSSR count). The second-order valence-corrected chi connectivity index (χ2v) is 7.54. The summed E-state index contributed by atoms with van der Waals surface area (Å²) in [4.78, 5) is 7.03. The third-order valence-corrected chi connectivity index (χ3v) is 5.14. The molecule has 0 saturated carbocycles. The summed E-state index contributed by atoms with van der Waals surface area (Å²) < 4.78 is 2.10. The average molecular weight is 389 g/mol. The van der Waals surface area contributed by atoms with Gasteiger partial charge in [0.2, 0.25) is 0 Å². The Kier molecular flexibility index (Phi) is 9.18. The average Bonchev–Trinajstić information content (AvgIpc) is 3.13. The van der Waals surface area contributed by atoms with Crippen molar-refractivity contribution < 1.29 is 0 Å². The summed E-state index contributed by atoms with van der Waals surface area (Å²) in [6, 6.07) is 8.52. The van der Waals surface area contributed by atoms with E-state index in [0.717, 1.165) is 56.6 Å². The largest absolute Gasteiger partial charge is 0.354 e. The minimum Gasteiger partial charge on any atom is -0.354 e. The van der Waals surface area contributed by atoms with Gasteiger partial charge in [0.15, 0.2) is 5.96 Å². The fraction of sp³-hybridized carbons (Fsp3) is 0.550. The van der Waals surface area contributed by atoms with Gasteiger partial charge in [-0.1, -0.05) is 31.2 Å². The normalized spacial score (nSPS) is 11.6. The van der Waals surface area contributed by atoms with E-state index in [1.165, 1.54) is 11.1 Å². The molecule has 0 spiro atoms. The van der Waals surface area contributed by atoms with Crippen molar-refractivity contribution in [1.29, 1.82) is 0 Å². The van der Waals surface area contributed by atoms with E-state index in [4.69, 9.17) is 4.99 Å². The van der Waals surface area contributed by atoms with E-state index in [0.29, 0.717) is 0 Å². The Labute approximate surface area is 167 Å². The molecule has 0 unspecified atom stereocenters. The van der Waals surface area contributed by atoms with Crippen LogP contribution in [0.15, 0.2) is 35.6 Å². The summed E-state index contributed by atoms with van der Waals surface area (Å²) in [6.07, 6.45) is 5.92. The number of guanidine groups is 1. The molecule has 7 heteroatoms. The van der Waals surface area contributed by atoms with Gasteiger partial charge in [0.05, 0.1) is 0 Å². The summed E-state index contributed by atoms with van der Waals surface area (Å²) in [5.41, 5.74) is 2.63. The van der Waals surface area contributed by atoms with E-state index in [1.807, 2.05) is 11.8 Å². The van der Waals surface area contributed by atoms with Crippen molar-refractivity contribution in [2.24, 2.45) is 4.99 Å². The Hall–Kier alpha value is -2.02. The molecule has 6 nitrogen and oxygen atoms in total. The van der Waals surface area contributed by atoms with Crippen LogP contribution >= 0.6 is 11.8 Å². The Balaban J connectivity index is 1.98. The smallest absolute Gasteiger partial charge is 0.194 e. The van der Waals surface area contributed by atoms with E-state index >= 15 is 0 Å². The number of hydrogen-bond acceptors (Lipinski definition) is 4. The number of aromatic nitrogens is 3. The first-order chi connectivity index (χ1) is 13.2. The summed E-state index contributed by atoms with van der Waals surface area (Å²) in [6.45, 7) is 7.57. The molecule has 0 bridgehead atoms. The quantitative estimate of drug-likeness (QED) is 0.385. The number of benzene rings is 1. The van der Waals surface area contributed by atoms with Crippen LogP contribution in [0.5, 0.6) is 0 Å². The zero-order chi connectivity index (χ0) is 19.5. The third-order valence-electron chi connectivity index (χ3n) is 4.45. The van der Waals surface area contributed by atoms with Gasteiger partial charge < -0.3 is 14.8 Å². The molecular weight excluding hydrogens is 356 g/mol. The van der Waals surface area contributed by atoms with Gasteiger partial charge in [0.1, 0.15) is 12.2 Å². The zero-order valence-electron chi connectivity index (χ0n) is 17.0. The molecule has 1 aromatic carbocycles. The SMILES string of the molecule is CCc1nncn1CCNC(=NCCCSC)N(C)Cc1ccccc1C. The minimum absolute atomic E-state index is 0.796. The highest BCUT2D eigenvalue weighted by molar-refractivity contribution is 7.98. The van der Waals surface area contributed by atoms with E-state index in [-0.39, 0.29) is 0 Å². The summed E-state index contributed by atoms with van der Waals surface area (Å²) in [5.74, 6) is 3.10. The van der Waals surface area contributed by atoms with E-state index in [9.17, 15) is 0 Å². The summed E-state index contributed by atoms with van der Waals surface area (Å²) in [5, 5.41) is 11.7. The standard InChI is InChI=1S/C20H32N6S/c1-5-19-24-23-16-26(19)13-12-22-20(21-11-8-14-27-4)25(3)15-18-10-7-6-9-17(18)2/h6-7,9-10,16H,5,8,11-15H2,1-4H3,(H,21,22). The van der Waals surface area contributed by atoms with Crippen molar-refractivity contribution in [3.63, 3.8) is 0 Å². The summed E-state index contributed by atoms with van der Waals surface area (Å²) in [7, 11) is 2.10. The second kappa shape index (κ2) is 11.6. The first-order valence-electron chi connectivity index (χ1n) is 9.55. The Morgan fingerprint density at radius 3 is 2.89 bits per heavy atom. The topological polar surface area (TPSA) is 58.3 Å². The highest BCUT2D eigenvalue weighted by Gasteiger charge is 2.09. The molecule has 0 aliphatic heterocycles. The van der Waals surface area contributed by atoms with Gasteiger partial charge in [-0.25, -0.2) is 0 Å². The van der Waals surface area contributed by atoms with Crippen LogP contribution in [-0.4, -0.2) is 57.8 Å². The second-order valence-electron chi connectivity index (χ2n) is 6.56. The number of nitrogens with zero attached hydrogens (tertiary/aromatic N) is 5. The van der Waals surface area contributed by atoms with Crippen LogP contribution in [0.2, 0.25) is 0 Å². The lowest BCUT2D eigenvalue weighted by Gasteiger charge is -2.23. The van der Waals surface area contributed by atoms with Crippen LogP contribution in [0.1, 0.15) is 30.3 Å². The fourth-order valence-corrected chi connectivity index (χ4v) is 3.27. The van der Waals surface area contributed by atoms with Crippen LogP contribution in [-0.2, 0) is 19.5 Å². The van der Waals surface area contributed by atoms with Gasteiger partial charge in [0.25, 0.3) is 0 Å². The number of thioether (sulfide) groups is 1. The van der Waals surface area contributed by atoms with Gasteiger partial charge >= 0.3 is 0 Å². The minimum atomic E-state index is 0.796. The Bertz CT molecular complexity index is 712. The molecule has 1 heterocycles. The van der Waals surface area contributed by atoms with Crippen molar-refractivity contribution in [3.05, 3.63) is 47.5 Å². The maximum Gasteiger partial charge on any atom is 0.194 e. The molecule has 0 fully saturated rings. The first-order valence-corrected chi connectivity index (χ1v) is 10.9. The van der Waals surface area contributed by atoms with Crippen LogP contribution in [0.4, 0.5) is 0 Å². The first kappa shape index (κ1) is 21.3. The number of aliphatic imine (C=N–C) groups is 1. The highest BCUT2D eigenvalue weighted by Crippen LogP contribution is 2.09. The van der Waals surface area contributed by atoms with Crippen LogP contribution in [0, 0.1) is 6.92 Å². The molecule has 0 aliphatic carbocycles. The predicted molar refractivity (Wildman–Crippen MR) is 115 cm³/mol. The van der Waals surface area contributed by atoms with E-state index < -0.39 is 0 Å². The highest BCUT2D eigenvalue weighted by atomic mass is 32.2. The zero-order valence-corrected chi connectivity index (χ0v) is 17.8. The van der Waals surface area contributed by atoms with Crippen molar-refractivity contribution in [2.45, 2.75) is 39.8 Å².